The summed E-state index contributed by atoms with van der Waals surface area (Å²) in [6, 6.07) is 4.50. The number of rotatable bonds is 7. The summed E-state index contributed by atoms with van der Waals surface area (Å²) in [5.41, 5.74) is 1.96. The molecule has 1 amide bonds. The minimum Gasteiger partial charge on any atom is -0.481 e. The van der Waals surface area contributed by atoms with E-state index >= 15 is 0 Å². The van der Waals surface area contributed by atoms with Crippen LogP contribution in [-0.2, 0) is 14.4 Å². The fraction of sp³-hybridized carbons (Fsp3) is 0.476. The molecule has 3 atom stereocenters. The van der Waals surface area contributed by atoms with Crippen molar-refractivity contribution < 1.29 is 24.6 Å². The van der Waals surface area contributed by atoms with Crippen molar-refractivity contribution in [1.29, 1.82) is 0 Å². The van der Waals surface area contributed by atoms with Gasteiger partial charge in [-0.1, -0.05) is 19.9 Å². The van der Waals surface area contributed by atoms with Crippen LogP contribution in [-0.4, -0.2) is 51.0 Å². The Morgan fingerprint density at radius 2 is 1.86 bits per heavy atom. The molecular weight excluding hydrogens is 374 g/mol. The molecule has 0 unspecified atom stereocenters. The Balaban J connectivity index is 1.83. The van der Waals surface area contributed by atoms with E-state index in [1.807, 2.05) is 4.90 Å². The highest BCUT2D eigenvalue weighted by molar-refractivity contribution is 5.96. The van der Waals surface area contributed by atoms with Gasteiger partial charge < -0.3 is 20.5 Å². The third kappa shape index (κ3) is 4.95. The number of hydrogen-bond acceptors (Lipinski definition) is 4. The number of amides is 1. The lowest BCUT2D eigenvalue weighted by Gasteiger charge is -2.38. The Labute approximate surface area is 168 Å². The molecule has 0 aliphatic carbocycles. The number of H-pyrrole nitrogens is 1. The van der Waals surface area contributed by atoms with E-state index < -0.39 is 18.0 Å². The number of benzene rings is 1. The summed E-state index contributed by atoms with van der Waals surface area (Å²) >= 11 is 0. The van der Waals surface area contributed by atoms with Gasteiger partial charge in [0.15, 0.2) is 0 Å². The maximum Gasteiger partial charge on any atom is 0.325 e. The van der Waals surface area contributed by atoms with Gasteiger partial charge in [-0.3, -0.25) is 19.3 Å². The Hall–Kier alpha value is -2.87. The third-order valence-electron chi connectivity index (χ3n) is 5.35. The van der Waals surface area contributed by atoms with Crippen LogP contribution in [0.2, 0.25) is 0 Å². The molecule has 4 N–H and O–H groups in total. The van der Waals surface area contributed by atoms with Gasteiger partial charge >= 0.3 is 11.9 Å². The fourth-order valence-corrected chi connectivity index (χ4v) is 4.30. The van der Waals surface area contributed by atoms with Crippen LogP contribution in [0.1, 0.15) is 44.7 Å². The molecule has 8 nitrogen and oxygen atoms in total. The first-order valence-corrected chi connectivity index (χ1v) is 9.84. The molecule has 1 aromatic carbocycles. The molecule has 1 aliphatic heterocycles. The number of likely N-dealkylation sites (tertiary alicyclic amines) is 1. The molecule has 1 aromatic heterocycles. The van der Waals surface area contributed by atoms with Gasteiger partial charge in [-0.15, -0.1) is 0 Å². The molecule has 0 bridgehead atoms. The van der Waals surface area contributed by atoms with Crippen molar-refractivity contribution in [3.8, 4) is 0 Å². The molecule has 2 heterocycles. The number of aliphatic carboxylic acids is 2. The SMILES string of the molecule is C[C@@H]1C[C@H](C)CN([C@H](C(=O)O)c2c[nH]c3cc(NC(=O)CCC(=O)O)ccc23)C1. The number of anilines is 1. The molecule has 156 valence electrons. The van der Waals surface area contributed by atoms with Crippen LogP contribution >= 0.6 is 0 Å². The van der Waals surface area contributed by atoms with Gasteiger partial charge in [0, 0.05) is 47.9 Å². The molecule has 0 spiro atoms. The van der Waals surface area contributed by atoms with E-state index in [1.54, 1.807) is 24.4 Å². The van der Waals surface area contributed by atoms with E-state index in [4.69, 9.17) is 5.11 Å². The lowest BCUT2D eigenvalue weighted by Crippen LogP contribution is -2.43. The molecule has 3 rings (SSSR count). The first-order chi connectivity index (χ1) is 13.7. The van der Waals surface area contributed by atoms with Crippen LogP contribution < -0.4 is 5.32 Å². The van der Waals surface area contributed by atoms with Crippen molar-refractivity contribution in [2.75, 3.05) is 18.4 Å². The van der Waals surface area contributed by atoms with E-state index in [0.717, 1.165) is 30.4 Å². The fourth-order valence-electron chi connectivity index (χ4n) is 4.30. The summed E-state index contributed by atoms with van der Waals surface area (Å²) in [6.07, 6.45) is 2.49. The Kier molecular flexibility index (Phi) is 6.22. The molecular formula is C21H27N3O5. The van der Waals surface area contributed by atoms with Crippen molar-refractivity contribution >= 4 is 34.4 Å². The van der Waals surface area contributed by atoms with Gasteiger partial charge in [0.1, 0.15) is 6.04 Å². The number of carboxylic acid groups (broad SMARTS) is 2. The van der Waals surface area contributed by atoms with Gasteiger partial charge in [0.25, 0.3) is 0 Å². The third-order valence-corrected chi connectivity index (χ3v) is 5.35. The number of piperidine rings is 1. The highest BCUT2D eigenvalue weighted by Gasteiger charge is 2.34. The van der Waals surface area contributed by atoms with Crippen molar-refractivity contribution in [3.63, 3.8) is 0 Å². The molecule has 0 radical (unpaired) electrons. The number of nitrogens with one attached hydrogen (secondary N) is 2. The molecule has 8 heteroatoms. The summed E-state index contributed by atoms with van der Waals surface area (Å²) in [6.45, 7) is 5.78. The highest BCUT2D eigenvalue weighted by atomic mass is 16.4. The minimum atomic E-state index is -1.02. The lowest BCUT2D eigenvalue weighted by atomic mass is 9.89. The summed E-state index contributed by atoms with van der Waals surface area (Å²) in [5.74, 6) is -1.39. The first-order valence-electron chi connectivity index (χ1n) is 9.84. The van der Waals surface area contributed by atoms with Gasteiger partial charge in [-0.05, 0) is 30.4 Å². The minimum absolute atomic E-state index is 0.101. The molecule has 29 heavy (non-hydrogen) atoms. The van der Waals surface area contributed by atoms with Gasteiger partial charge in [-0.25, -0.2) is 0 Å². The molecule has 1 saturated heterocycles. The van der Waals surface area contributed by atoms with Crippen molar-refractivity contribution in [1.82, 2.24) is 9.88 Å². The number of nitrogens with zero attached hydrogens (tertiary/aromatic N) is 1. The second-order valence-electron chi connectivity index (χ2n) is 8.09. The summed E-state index contributed by atoms with van der Waals surface area (Å²) in [7, 11) is 0. The molecule has 2 aromatic rings. The zero-order valence-electron chi connectivity index (χ0n) is 16.6. The summed E-state index contributed by atoms with van der Waals surface area (Å²) < 4.78 is 0. The van der Waals surface area contributed by atoms with Gasteiger partial charge in [0.2, 0.25) is 5.91 Å². The van der Waals surface area contributed by atoms with Crippen molar-refractivity contribution in [2.45, 2.75) is 39.2 Å². The van der Waals surface area contributed by atoms with E-state index in [0.29, 0.717) is 23.1 Å². The highest BCUT2D eigenvalue weighted by Crippen LogP contribution is 2.34. The second-order valence-corrected chi connectivity index (χ2v) is 8.09. The Morgan fingerprint density at radius 3 is 2.48 bits per heavy atom. The number of carboxylic acids is 2. The summed E-state index contributed by atoms with van der Waals surface area (Å²) in [5, 5.41) is 22.1. The maximum absolute atomic E-state index is 12.1. The normalized spacial score (nSPS) is 21.0. The van der Waals surface area contributed by atoms with Crippen LogP contribution in [0.3, 0.4) is 0 Å². The smallest absolute Gasteiger partial charge is 0.325 e. The van der Waals surface area contributed by atoms with Crippen LogP contribution in [0.5, 0.6) is 0 Å². The van der Waals surface area contributed by atoms with E-state index in [-0.39, 0.29) is 18.7 Å². The van der Waals surface area contributed by atoms with E-state index in [9.17, 15) is 19.5 Å². The van der Waals surface area contributed by atoms with Gasteiger partial charge in [0.05, 0.1) is 6.42 Å². The molecule has 1 fully saturated rings. The first kappa shape index (κ1) is 20.9. The van der Waals surface area contributed by atoms with Crippen LogP contribution in [0, 0.1) is 11.8 Å². The topological polar surface area (TPSA) is 123 Å². The van der Waals surface area contributed by atoms with Crippen molar-refractivity contribution in [3.05, 3.63) is 30.0 Å². The predicted octanol–water partition coefficient (Wildman–Crippen LogP) is 3.07. The average molecular weight is 401 g/mol. The number of fused-ring (bicyclic) bond motifs is 1. The molecule has 1 aliphatic rings. The second kappa shape index (κ2) is 8.65. The van der Waals surface area contributed by atoms with Gasteiger partial charge in [-0.2, -0.15) is 0 Å². The number of aromatic amines is 1. The number of aromatic nitrogens is 1. The monoisotopic (exact) mass is 401 g/mol. The molecule has 0 saturated carbocycles. The Morgan fingerprint density at radius 1 is 1.17 bits per heavy atom. The number of carbonyl (C=O) groups is 3. The quantitative estimate of drug-likeness (QED) is 0.565. The van der Waals surface area contributed by atoms with E-state index in [1.165, 1.54) is 0 Å². The van der Waals surface area contributed by atoms with E-state index in [2.05, 4.69) is 24.1 Å². The largest absolute Gasteiger partial charge is 0.481 e. The Bertz CT molecular complexity index is 912. The average Bonchev–Trinajstić information content (AvgIpc) is 3.02. The lowest BCUT2D eigenvalue weighted by molar-refractivity contribution is -0.144. The van der Waals surface area contributed by atoms with Crippen molar-refractivity contribution in [2.24, 2.45) is 11.8 Å². The van der Waals surface area contributed by atoms with Crippen LogP contribution in [0.25, 0.3) is 10.9 Å². The van der Waals surface area contributed by atoms with Crippen LogP contribution in [0.15, 0.2) is 24.4 Å². The number of hydrogen-bond donors (Lipinski definition) is 4. The zero-order valence-corrected chi connectivity index (χ0v) is 16.6. The summed E-state index contributed by atoms with van der Waals surface area (Å²) in [4.78, 5) is 39.7. The van der Waals surface area contributed by atoms with Crippen LogP contribution in [0.4, 0.5) is 5.69 Å². The zero-order chi connectivity index (χ0) is 21.1. The maximum atomic E-state index is 12.1. The standard InChI is InChI=1S/C21H27N3O5/c1-12-7-13(2)11-24(10-12)20(21(28)29)16-9-22-17-8-14(3-4-15(16)17)23-18(25)5-6-19(26)27/h3-4,8-9,12-13,20,22H,5-7,10-11H2,1-2H3,(H,23,25)(H,26,27)(H,28,29)/t12-,13+,20-/m0/s1. The predicted molar refractivity (Wildman–Crippen MR) is 109 cm³/mol. The number of carbonyl (C=O) groups excluding carboxylic acids is 1.